The minimum absolute atomic E-state index is 0. The molecule has 30 heavy (non-hydrogen) atoms. The van der Waals surface area contributed by atoms with E-state index in [2.05, 4.69) is 12.2 Å². The fraction of sp³-hybridized carbons (Fsp3) is 0.318. The molecule has 1 aliphatic heterocycles. The Morgan fingerprint density at radius 1 is 1.27 bits per heavy atom. The maximum absolute atomic E-state index is 12.8. The highest BCUT2D eigenvalue weighted by molar-refractivity contribution is 5.98. The molecule has 1 unspecified atom stereocenters. The van der Waals surface area contributed by atoms with E-state index >= 15 is 0 Å². The number of amides is 2. The minimum Gasteiger partial charge on any atom is -0.508 e. The Hall–Kier alpha value is -3.06. The first-order chi connectivity index (χ1) is 13.8. The summed E-state index contributed by atoms with van der Waals surface area (Å²) in [4.78, 5) is 27.1. The van der Waals surface area contributed by atoms with E-state index in [1.165, 1.54) is 18.2 Å². The number of rotatable bonds is 5. The molecule has 1 heterocycles. The van der Waals surface area contributed by atoms with Crippen LogP contribution < -0.4 is 11.1 Å². The number of nitrogens with one attached hydrogen (secondary N) is 2. The van der Waals surface area contributed by atoms with Gasteiger partial charge in [-0.2, -0.15) is 0 Å². The standard InChI is InChI=1S/C22H26N4O3.ClH/c1-13-10-17(6-7-18(13)22(29)26-9-3-4-14(26)2)25-20(28)12-16-11-15(21(23)24)5-8-19(16)27;/h5-8,10-11,14,27H,3-4,9,12H2,1-2H3,(H3,23,24)(H,25,28);1H. The van der Waals surface area contributed by atoms with Crippen LogP contribution in [0.5, 0.6) is 5.75 Å². The van der Waals surface area contributed by atoms with Gasteiger partial charge in [0.05, 0.1) is 6.42 Å². The summed E-state index contributed by atoms with van der Waals surface area (Å²) in [5.74, 6) is -0.444. The average Bonchev–Trinajstić information content (AvgIpc) is 3.09. The van der Waals surface area contributed by atoms with Crippen molar-refractivity contribution in [1.29, 1.82) is 5.41 Å². The predicted octanol–water partition coefficient (Wildman–Crippen LogP) is 3.21. The Balaban J connectivity index is 0.00000320. The van der Waals surface area contributed by atoms with Gasteiger partial charge in [-0.15, -0.1) is 12.4 Å². The summed E-state index contributed by atoms with van der Waals surface area (Å²) in [5, 5.41) is 20.2. The van der Waals surface area contributed by atoms with Crippen molar-refractivity contribution in [3.63, 3.8) is 0 Å². The number of nitrogens with two attached hydrogens (primary N) is 1. The molecule has 0 radical (unpaired) electrons. The van der Waals surface area contributed by atoms with Crippen molar-refractivity contribution in [2.45, 2.75) is 39.2 Å². The van der Waals surface area contributed by atoms with Gasteiger partial charge in [0, 0.05) is 35.0 Å². The second-order valence-electron chi connectivity index (χ2n) is 7.50. The van der Waals surface area contributed by atoms with Crippen molar-refractivity contribution >= 4 is 35.7 Å². The van der Waals surface area contributed by atoms with E-state index in [-0.39, 0.29) is 48.3 Å². The number of hydrogen-bond donors (Lipinski definition) is 4. The van der Waals surface area contributed by atoms with Gasteiger partial charge >= 0.3 is 0 Å². The summed E-state index contributed by atoms with van der Waals surface area (Å²) in [5.41, 5.74) is 8.33. The topological polar surface area (TPSA) is 120 Å². The van der Waals surface area contributed by atoms with Gasteiger partial charge in [-0.3, -0.25) is 15.0 Å². The third-order valence-electron chi connectivity index (χ3n) is 5.30. The lowest BCUT2D eigenvalue weighted by Gasteiger charge is -2.22. The van der Waals surface area contributed by atoms with Crippen molar-refractivity contribution in [3.8, 4) is 5.75 Å². The Kier molecular flexibility index (Phi) is 7.45. The third-order valence-corrected chi connectivity index (χ3v) is 5.30. The Morgan fingerprint density at radius 3 is 2.60 bits per heavy atom. The lowest BCUT2D eigenvalue weighted by molar-refractivity contribution is -0.115. The molecule has 7 nitrogen and oxygen atoms in total. The van der Waals surface area contributed by atoms with Gasteiger partial charge in [-0.1, -0.05) is 0 Å². The molecule has 2 aromatic rings. The van der Waals surface area contributed by atoms with E-state index < -0.39 is 0 Å². The summed E-state index contributed by atoms with van der Waals surface area (Å²) in [6, 6.07) is 9.96. The molecule has 2 aromatic carbocycles. The number of halogens is 1. The fourth-order valence-electron chi connectivity index (χ4n) is 3.64. The van der Waals surface area contributed by atoms with Crippen molar-refractivity contribution in [2.24, 2.45) is 5.73 Å². The summed E-state index contributed by atoms with van der Waals surface area (Å²) in [6.45, 7) is 4.69. The summed E-state index contributed by atoms with van der Waals surface area (Å²) in [7, 11) is 0. The molecular weight excluding hydrogens is 404 g/mol. The normalized spacial score (nSPS) is 15.4. The first-order valence-electron chi connectivity index (χ1n) is 9.64. The largest absolute Gasteiger partial charge is 0.508 e. The molecule has 0 aromatic heterocycles. The molecule has 0 bridgehead atoms. The molecule has 1 fully saturated rings. The highest BCUT2D eigenvalue weighted by Gasteiger charge is 2.26. The maximum Gasteiger partial charge on any atom is 0.254 e. The number of carbonyl (C=O) groups excluding carboxylic acids is 2. The van der Waals surface area contributed by atoms with Crippen LogP contribution in [-0.4, -0.2) is 40.2 Å². The zero-order valence-corrected chi connectivity index (χ0v) is 17.9. The molecule has 8 heteroatoms. The quantitative estimate of drug-likeness (QED) is 0.430. The molecule has 5 N–H and O–H groups in total. The van der Waals surface area contributed by atoms with E-state index in [1.807, 2.05) is 11.8 Å². The molecule has 3 rings (SSSR count). The number of benzene rings is 2. The number of likely N-dealkylation sites (tertiary alicyclic amines) is 1. The molecule has 160 valence electrons. The number of nitrogen functional groups attached to an aromatic ring is 1. The van der Waals surface area contributed by atoms with E-state index in [1.54, 1.807) is 18.2 Å². The van der Waals surface area contributed by atoms with Gasteiger partial charge in [0.25, 0.3) is 5.91 Å². The van der Waals surface area contributed by atoms with Gasteiger partial charge in [0.2, 0.25) is 5.91 Å². The third kappa shape index (κ3) is 5.10. The van der Waals surface area contributed by atoms with Gasteiger partial charge in [0.1, 0.15) is 11.6 Å². The number of phenolic OH excluding ortho intramolecular Hbond substituents is 1. The molecule has 0 aliphatic carbocycles. The number of aromatic hydroxyl groups is 1. The summed E-state index contributed by atoms with van der Waals surface area (Å²) in [6.07, 6.45) is 1.99. The first kappa shape index (κ1) is 23.2. The lowest BCUT2D eigenvalue weighted by Crippen LogP contribution is -2.34. The molecular formula is C22H27ClN4O3. The fourth-order valence-corrected chi connectivity index (χ4v) is 3.64. The number of carbonyl (C=O) groups is 2. The number of nitrogens with zero attached hydrogens (tertiary/aromatic N) is 1. The number of amidine groups is 1. The van der Waals surface area contributed by atoms with Crippen molar-refractivity contribution in [1.82, 2.24) is 4.90 Å². The lowest BCUT2D eigenvalue weighted by atomic mass is 10.0. The van der Waals surface area contributed by atoms with Crippen LogP contribution in [0.3, 0.4) is 0 Å². The Labute approximate surface area is 182 Å². The van der Waals surface area contributed by atoms with Crippen LogP contribution in [-0.2, 0) is 11.2 Å². The molecule has 2 amide bonds. The number of anilines is 1. The van der Waals surface area contributed by atoms with Crippen LogP contribution in [0.1, 0.15) is 46.8 Å². The second kappa shape index (κ2) is 9.63. The van der Waals surface area contributed by atoms with E-state index in [0.29, 0.717) is 22.4 Å². The van der Waals surface area contributed by atoms with Gasteiger partial charge in [-0.05, 0) is 68.7 Å². The van der Waals surface area contributed by atoms with Crippen LogP contribution >= 0.6 is 12.4 Å². The van der Waals surface area contributed by atoms with Crippen molar-refractivity contribution < 1.29 is 14.7 Å². The zero-order valence-electron chi connectivity index (χ0n) is 17.1. The van der Waals surface area contributed by atoms with Crippen LogP contribution in [0.4, 0.5) is 5.69 Å². The van der Waals surface area contributed by atoms with Gasteiger partial charge in [-0.25, -0.2) is 0 Å². The SMILES string of the molecule is Cc1cc(NC(=O)Cc2cc(C(=N)N)ccc2O)ccc1C(=O)N1CCCC1C.Cl. The number of aryl methyl sites for hydroxylation is 1. The molecule has 1 aliphatic rings. The van der Waals surface area contributed by atoms with Crippen LogP contribution in [0.15, 0.2) is 36.4 Å². The predicted molar refractivity (Wildman–Crippen MR) is 120 cm³/mol. The Morgan fingerprint density at radius 2 is 2.00 bits per heavy atom. The number of hydrogen-bond acceptors (Lipinski definition) is 4. The monoisotopic (exact) mass is 430 g/mol. The van der Waals surface area contributed by atoms with Crippen molar-refractivity contribution in [3.05, 3.63) is 58.7 Å². The van der Waals surface area contributed by atoms with Gasteiger partial charge in [0.15, 0.2) is 0 Å². The highest BCUT2D eigenvalue weighted by atomic mass is 35.5. The van der Waals surface area contributed by atoms with Crippen LogP contribution in [0.25, 0.3) is 0 Å². The highest BCUT2D eigenvalue weighted by Crippen LogP contribution is 2.24. The molecule has 1 saturated heterocycles. The molecule has 0 saturated carbocycles. The first-order valence-corrected chi connectivity index (χ1v) is 9.64. The minimum atomic E-state index is -0.312. The second-order valence-corrected chi connectivity index (χ2v) is 7.50. The molecule has 0 spiro atoms. The van der Waals surface area contributed by atoms with Crippen molar-refractivity contribution in [2.75, 3.05) is 11.9 Å². The maximum atomic E-state index is 12.8. The van der Waals surface area contributed by atoms with Crippen LogP contribution in [0.2, 0.25) is 0 Å². The number of phenols is 1. The van der Waals surface area contributed by atoms with E-state index in [9.17, 15) is 14.7 Å². The van der Waals surface area contributed by atoms with Gasteiger partial charge < -0.3 is 21.1 Å². The Bertz CT molecular complexity index is 977. The summed E-state index contributed by atoms with van der Waals surface area (Å²) < 4.78 is 0. The van der Waals surface area contributed by atoms with E-state index in [0.717, 1.165) is 24.9 Å². The van der Waals surface area contributed by atoms with E-state index in [4.69, 9.17) is 11.1 Å². The molecule has 1 atom stereocenters. The smallest absolute Gasteiger partial charge is 0.254 e. The zero-order chi connectivity index (χ0) is 21.1. The van der Waals surface area contributed by atoms with Crippen LogP contribution in [0, 0.1) is 12.3 Å². The summed E-state index contributed by atoms with van der Waals surface area (Å²) >= 11 is 0. The average molecular weight is 431 g/mol.